The molecule has 1 aliphatic rings. The Morgan fingerprint density at radius 3 is 2.76 bits per heavy atom. The number of alkyl halides is 3. The number of H-pyrrole nitrogens is 2. The number of hydrogen-bond donors (Lipinski definition) is 2. The van der Waals surface area contributed by atoms with Crippen LogP contribution >= 0.6 is 0 Å². The minimum absolute atomic E-state index is 0.228. The van der Waals surface area contributed by atoms with Gasteiger partial charge in [-0.2, -0.15) is 18.3 Å². The van der Waals surface area contributed by atoms with Crippen LogP contribution in [0.4, 0.5) is 13.2 Å². The smallest absolute Gasteiger partial charge is 0.436 e. The second kappa shape index (κ2) is 8.69. The predicted octanol–water partition coefficient (Wildman–Crippen LogP) is 3.53. The highest BCUT2D eigenvalue weighted by Gasteiger charge is 2.41. The Morgan fingerprint density at radius 1 is 1.21 bits per heavy atom. The Bertz CT molecular complexity index is 1330. The molecule has 3 aromatic heterocycles. The van der Waals surface area contributed by atoms with E-state index in [0.717, 1.165) is 49.4 Å². The van der Waals surface area contributed by atoms with Crippen molar-refractivity contribution in [3.63, 3.8) is 0 Å². The lowest BCUT2D eigenvalue weighted by atomic mass is 10.1. The van der Waals surface area contributed by atoms with Crippen molar-refractivity contribution in [2.75, 3.05) is 26.3 Å². The number of nitrogens with one attached hydrogen (secondary N) is 2. The summed E-state index contributed by atoms with van der Waals surface area (Å²) < 4.78 is 49.7. The van der Waals surface area contributed by atoms with Crippen molar-refractivity contribution in [2.24, 2.45) is 0 Å². The van der Waals surface area contributed by atoms with Gasteiger partial charge in [0.05, 0.1) is 30.4 Å². The summed E-state index contributed by atoms with van der Waals surface area (Å²) in [5, 5.41) is 6.75. The number of Topliss-reactive ketones (excluding diaryl/α,β-unsaturated/α-hetero) is 1. The van der Waals surface area contributed by atoms with Crippen LogP contribution in [0, 0.1) is 6.92 Å². The highest BCUT2D eigenvalue weighted by atomic mass is 19.4. The fourth-order valence-electron chi connectivity index (χ4n) is 4.01. The highest BCUT2D eigenvalue weighted by molar-refractivity contribution is 5.97. The molecule has 9 nitrogen and oxygen atoms in total. The number of carbonyl (C=O) groups excluding carboxylic acids is 1. The minimum Gasteiger partial charge on any atom is -0.436 e. The van der Waals surface area contributed by atoms with Crippen molar-refractivity contribution in [1.82, 2.24) is 30.0 Å². The third kappa shape index (κ3) is 4.46. The number of nitrogens with zero attached hydrogens (tertiary/aromatic N) is 4. The normalized spacial score (nSPS) is 15.3. The number of ether oxygens (including phenoxy) is 1. The van der Waals surface area contributed by atoms with E-state index < -0.39 is 23.4 Å². The number of halogens is 3. The van der Waals surface area contributed by atoms with Gasteiger partial charge in [-0.3, -0.25) is 14.8 Å². The van der Waals surface area contributed by atoms with E-state index in [4.69, 9.17) is 4.74 Å². The average Bonchev–Trinajstić information content (AvgIpc) is 3.51. The lowest BCUT2D eigenvalue weighted by molar-refractivity contribution is -0.153. The summed E-state index contributed by atoms with van der Waals surface area (Å²) in [6.45, 7) is 5.23. The van der Waals surface area contributed by atoms with Gasteiger partial charge in [-0.1, -0.05) is 6.07 Å². The van der Waals surface area contributed by atoms with Crippen molar-refractivity contribution >= 4 is 16.8 Å². The molecule has 0 bridgehead atoms. The van der Waals surface area contributed by atoms with E-state index in [0.29, 0.717) is 17.1 Å². The van der Waals surface area contributed by atoms with Crippen molar-refractivity contribution in [1.29, 1.82) is 0 Å². The van der Waals surface area contributed by atoms with Crippen LogP contribution in [0.3, 0.4) is 0 Å². The van der Waals surface area contributed by atoms with Gasteiger partial charge >= 0.3 is 6.18 Å². The van der Waals surface area contributed by atoms with E-state index in [-0.39, 0.29) is 12.3 Å². The predicted molar refractivity (Wildman–Crippen MR) is 114 cm³/mol. The Kier molecular flexibility index (Phi) is 5.70. The number of imidazole rings is 1. The van der Waals surface area contributed by atoms with Gasteiger partial charge in [0.1, 0.15) is 5.69 Å². The number of aryl methyl sites for hydroxylation is 1. The maximum Gasteiger partial charge on any atom is 0.452 e. The van der Waals surface area contributed by atoms with Crippen LogP contribution in [0.2, 0.25) is 0 Å². The number of benzene rings is 1. The first-order valence-electron chi connectivity index (χ1n) is 10.7. The molecule has 1 saturated heterocycles. The fourth-order valence-corrected chi connectivity index (χ4v) is 4.01. The largest absolute Gasteiger partial charge is 0.452 e. The van der Waals surface area contributed by atoms with Crippen LogP contribution < -0.4 is 0 Å². The number of hydrogen-bond acceptors (Lipinski definition) is 7. The second-order valence-electron chi connectivity index (χ2n) is 8.10. The molecule has 0 unspecified atom stereocenters. The van der Waals surface area contributed by atoms with Crippen LogP contribution in [-0.2, 0) is 23.9 Å². The van der Waals surface area contributed by atoms with Crippen molar-refractivity contribution in [2.45, 2.75) is 26.1 Å². The first kappa shape index (κ1) is 22.3. The van der Waals surface area contributed by atoms with E-state index in [1.807, 2.05) is 18.2 Å². The van der Waals surface area contributed by atoms with E-state index in [1.54, 1.807) is 0 Å². The fraction of sp³-hybridized carbons (Fsp3) is 0.364. The molecule has 2 N–H and O–H groups in total. The maximum atomic E-state index is 13.2. The Morgan fingerprint density at radius 2 is 2.00 bits per heavy atom. The molecule has 0 amide bonds. The first-order valence-corrected chi connectivity index (χ1v) is 10.7. The van der Waals surface area contributed by atoms with E-state index in [1.165, 1.54) is 13.1 Å². The summed E-state index contributed by atoms with van der Waals surface area (Å²) >= 11 is 0. The molecule has 178 valence electrons. The molecule has 1 aliphatic heterocycles. The number of aromatic amines is 2. The number of oxazole rings is 1. The summed E-state index contributed by atoms with van der Waals surface area (Å²) in [6.07, 6.45) is -3.77. The van der Waals surface area contributed by atoms with Gasteiger partial charge in [0.25, 0.3) is 0 Å². The van der Waals surface area contributed by atoms with E-state index in [2.05, 4.69) is 34.5 Å². The number of fused-ring (bicyclic) bond motifs is 1. The monoisotopic (exact) mass is 474 g/mol. The quantitative estimate of drug-likeness (QED) is 0.411. The van der Waals surface area contributed by atoms with Crippen LogP contribution in [0.1, 0.15) is 33.3 Å². The molecule has 5 rings (SSSR count). The number of carbonyl (C=O) groups is 1. The highest BCUT2D eigenvalue weighted by Crippen LogP contribution is 2.33. The molecule has 4 heterocycles. The molecule has 1 aromatic carbocycles. The zero-order valence-corrected chi connectivity index (χ0v) is 18.2. The summed E-state index contributed by atoms with van der Waals surface area (Å²) in [7, 11) is 0. The molecule has 4 aromatic rings. The molecule has 12 heteroatoms. The summed E-state index contributed by atoms with van der Waals surface area (Å²) in [4.78, 5) is 26.4. The molecule has 0 aliphatic carbocycles. The van der Waals surface area contributed by atoms with Gasteiger partial charge in [0.15, 0.2) is 23.2 Å². The first-order chi connectivity index (χ1) is 16.3. The standard InChI is InChI=1S/C22H21F3N6O3/c1-12-27-19(20(34-12)22(23,24)25)17(32)9-14-10-26-30-18(14)21-28-15-3-2-13(8-16(15)29-21)11-31-4-6-33-7-5-31/h2-3,8,10H,4-7,9,11H2,1H3,(H,26,30)(H,28,29). The Labute approximate surface area is 191 Å². The summed E-state index contributed by atoms with van der Waals surface area (Å²) in [5.41, 5.74) is 2.72. The van der Waals surface area contributed by atoms with Gasteiger partial charge in [-0.25, -0.2) is 9.97 Å². The molecule has 1 fully saturated rings. The van der Waals surface area contributed by atoms with Crippen LogP contribution in [0.25, 0.3) is 22.6 Å². The second-order valence-corrected chi connectivity index (χ2v) is 8.10. The van der Waals surface area contributed by atoms with Gasteiger partial charge in [-0.15, -0.1) is 0 Å². The zero-order chi connectivity index (χ0) is 23.9. The van der Waals surface area contributed by atoms with Gasteiger partial charge in [-0.05, 0) is 17.7 Å². The molecule has 34 heavy (non-hydrogen) atoms. The summed E-state index contributed by atoms with van der Waals surface area (Å²) in [5.74, 6) is -2.01. The molecular weight excluding hydrogens is 453 g/mol. The van der Waals surface area contributed by atoms with Gasteiger partial charge < -0.3 is 14.1 Å². The van der Waals surface area contributed by atoms with E-state index >= 15 is 0 Å². The molecule has 0 spiro atoms. The lowest BCUT2D eigenvalue weighted by Crippen LogP contribution is -2.35. The van der Waals surface area contributed by atoms with Crippen LogP contribution in [-0.4, -0.2) is 62.1 Å². The van der Waals surface area contributed by atoms with E-state index in [9.17, 15) is 18.0 Å². The third-order valence-corrected chi connectivity index (χ3v) is 5.62. The maximum absolute atomic E-state index is 13.2. The number of ketones is 1. The van der Waals surface area contributed by atoms with Crippen molar-refractivity contribution < 1.29 is 27.1 Å². The molecule has 0 saturated carbocycles. The topological polar surface area (TPSA) is 113 Å². The lowest BCUT2D eigenvalue weighted by Gasteiger charge is -2.26. The number of rotatable bonds is 6. The minimum atomic E-state index is -4.82. The molecule has 0 atom stereocenters. The Balaban J connectivity index is 1.38. The zero-order valence-electron chi connectivity index (χ0n) is 18.2. The van der Waals surface area contributed by atoms with Gasteiger partial charge in [0, 0.05) is 38.5 Å². The molecule has 0 radical (unpaired) electrons. The number of morpholine rings is 1. The summed E-state index contributed by atoms with van der Waals surface area (Å²) in [6, 6.07) is 5.92. The SMILES string of the molecule is Cc1nc(C(=O)Cc2cn[nH]c2-c2nc3ccc(CN4CCOCC4)cc3[nH]2)c(C(F)(F)F)o1. The van der Waals surface area contributed by atoms with Crippen LogP contribution in [0.15, 0.2) is 28.8 Å². The van der Waals surface area contributed by atoms with Crippen LogP contribution in [0.5, 0.6) is 0 Å². The average molecular weight is 474 g/mol. The van der Waals surface area contributed by atoms with Crippen molar-refractivity contribution in [3.05, 3.63) is 52.9 Å². The number of aromatic nitrogens is 5. The van der Waals surface area contributed by atoms with Crippen molar-refractivity contribution in [3.8, 4) is 11.5 Å². The third-order valence-electron chi connectivity index (χ3n) is 5.62. The van der Waals surface area contributed by atoms with Gasteiger partial charge in [0.2, 0.25) is 5.76 Å². The molecular formula is C22H21F3N6O3. The Hall–Kier alpha value is -3.51.